The molecule has 8 nitrogen and oxygen atoms in total. The number of allylic oxidation sites excluding steroid dienone is 1. The molecule has 0 aliphatic carbocycles. The van der Waals surface area contributed by atoms with E-state index in [-0.39, 0.29) is 23.2 Å². The van der Waals surface area contributed by atoms with Crippen LogP contribution in [0.15, 0.2) is 86.1 Å². The summed E-state index contributed by atoms with van der Waals surface area (Å²) in [6.45, 7) is 7.57. The van der Waals surface area contributed by atoms with Crippen molar-refractivity contribution >= 4 is 41.0 Å². The van der Waals surface area contributed by atoms with Gasteiger partial charge in [-0.25, -0.2) is 14.6 Å². The highest BCUT2D eigenvalue weighted by Crippen LogP contribution is 2.34. The molecule has 1 atom stereocenters. The first-order valence-corrected chi connectivity index (χ1v) is 14.7. The number of fused-ring (bicyclic) bond motifs is 1. The van der Waals surface area contributed by atoms with E-state index in [9.17, 15) is 14.4 Å². The van der Waals surface area contributed by atoms with Crippen molar-refractivity contribution in [3.8, 4) is 11.3 Å². The van der Waals surface area contributed by atoms with Crippen LogP contribution < -0.4 is 14.9 Å². The highest BCUT2D eigenvalue weighted by molar-refractivity contribution is 7.07. The Hall–Kier alpha value is -4.21. The molecule has 2 aromatic heterocycles. The van der Waals surface area contributed by atoms with Crippen LogP contribution in [0.1, 0.15) is 61.8 Å². The summed E-state index contributed by atoms with van der Waals surface area (Å²) in [7, 11) is 0. The van der Waals surface area contributed by atoms with Gasteiger partial charge in [0.2, 0.25) is 0 Å². The Morgan fingerprint density at radius 2 is 1.83 bits per heavy atom. The third-order valence-electron chi connectivity index (χ3n) is 6.53. The van der Waals surface area contributed by atoms with E-state index < -0.39 is 12.0 Å². The molecular weight excluding hydrogens is 576 g/mol. The zero-order valence-electron chi connectivity index (χ0n) is 23.5. The van der Waals surface area contributed by atoms with E-state index in [1.54, 1.807) is 81.4 Å². The molecule has 0 fully saturated rings. The van der Waals surface area contributed by atoms with Crippen LogP contribution in [0.4, 0.5) is 0 Å². The van der Waals surface area contributed by atoms with Crippen molar-refractivity contribution in [3.63, 3.8) is 0 Å². The number of carbonyl (C=O) groups excluding carboxylic acids is 2. The lowest BCUT2D eigenvalue weighted by atomic mass is 9.96. The maximum Gasteiger partial charge on any atom is 0.338 e. The SMILES string of the molecule is CCCOC(=O)c1ccc(-c2ccc(C=c3sc4n(c3=O)C(c3ccccc3Cl)C(C(=O)OC(C)C)=C(C)N=4)o2)cc1. The van der Waals surface area contributed by atoms with Gasteiger partial charge in [0.25, 0.3) is 5.56 Å². The van der Waals surface area contributed by atoms with Crippen LogP contribution in [0.25, 0.3) is 17.4 Å². The quantitative estimate of drug-likeness (QED) is 0.240. The summed E-state index contributed by atoms with van der Waals surface area (Å²) in [5, 5.41) is 0.418. The van der Waals surface area contributed by atoms with E-state index in [1.807, 2.05) is 13.0 Å². The van der Waals surface area contributed by atoms with Gasteiger partial charge in [-0.15, -0.1) is 0 Å². The second-order valence-corrected chi connectivity index (χ2v) is 11.4. The van der Waals surface area contributed by atoms with Gasteiger partial charge in [-0.2, -0.15) is 0 Å². The number of thiazole rings is 1. The molecular formula is C32H29ClN2O6S. The number of furan rings is 1. The van der Waals surface area contributed by atoms with Gasteiger partial charge in [0.1, 0.15) is 17.6 Å². The predicted molar refractivity (Wildman–Crippen MR) is 161 cm³/mol. The van der Waals surface area contributed by atoms with E-state index in [1.165, 1.54) is 15.9 Å². The molecule has 4 aromatic rings. The fourth-order valence-electron chi connectivity index (χ4n) is 4.61. The summed E-state index contributed by atoms with van der Waals surface area (Å²) < 4.78 is 18.6. The maximum absolute atomic E-state index is 13.8. The molecule has 5 rings (SSSR count). The minimum absolute atomic E-state index is 0.262. The number of carbonyl (C=O) groups is 2. The van der Waals surface area contributed by atoms with Crippen LogP contribution in [0, 0.1) is 0 Å². The molecule has 3 heterocycles. The standard InChI is InChI=1S/C32H29ClN2O6S/c1-5-16-39-30(37)21-12-10-20(11-13-21)25-15-14-22(41-25)17-26-29(36)35-28(23-8-6-7-9-24(23)33)27(31(38)40-18(2)3)19(4)34-32(35)42-26/h6-15,17-18,28H,5,16H2,1-4H3. The summed E-state index contributed by atoms with van der Waals surface area (Å²) in [5.41, 5.74) is 2.21. The normalized spacial score (nSPS) is 15.0. The van der Waals surface area contributed by atoms with Crippen molar-refractivity contribution in [1.82, 2.24) is 4.57 Å². The van der Waals surface area contributed by atoms with Gasteiger partial charge in [-0.05, 0) is 63.1 Å². The third kappa shape index (κ3) is 5.89. The zero-order valence-corrected chi connectivity index (χ0v) is 25.1. The minimum Gasteiger partial charge on any atom is -0.462 e. The lowest BCUT2D eigenvalue weighted by Gasteiger charge is -2.26. The van der Waals surface area contributed by atoms with Gasteiger partial charge in [0, 0.05) is 16.7 Å². The highest BCUT2D eigenvalue weighted by Gasteiger charge is 2.34. The molecule has 1 aliphatic rings. The summed E-state index contributed by atoms with van der Waals surface area (Å²) in [6.07, 6.45) is 2.05. The predicted octanol–water partition coefficient (Wildman–Crippen LogP) is 5.67. The van der Waals surface area contributed by atoms with Gasteiger partial charge in [-0.1, -0.05) is 60.2 Å². The van der Waals surface area contributed by atoms with Crippen LogP contribution in [0.5, 0.6) is 0 Å². The Bertz CT molecular complexity index is 1860. The van der Waals surface area contributed by atoms with Crippen LogP contribution in [-0.2, 0) is 14.3 Å². The number of hydrogen-bond acceptors (Lipinski definition) is 8. The molecule has 2 aromatic carbocycles. The molecule has 216 valence electrons. The average Bonchev–Trinajstić information content (AvgIpc) is 3.55. The molecule has 42 heavy (non-hydrogen) atoms. The van der Waals surface area contributed by atoms with Crippen molar-refractivity contribution in [2.24, 2.45) is 4.99 Å². The number of benzene rings is 2. The van der Waals surface area contributed by atoms with Crippen molar-refractivity contribution in [3.05, 3.63) is 114 Å². The van der Waals surface area contributed by atoms with Gasteiger partial charge in [-0.3, -0.25) is 9.36 Å². The molecule has 0 bridgehead atoms. The smallest absolute Gasteiger partial charge is 0.338 e. The van der Waals surface area contributed by atoms with E-state index >= 15 is 0 Å². The molecule has 1 aliphatic heterocycles. The Morgan fingerprint density at radius 1 is 1.10 bits per heavy atom. The number of hydrogen-bond donors (Lipinski definition) is 0. The highest BCUT2D eigenvalue weighted by atomic mass is 35.5. The van der Waals surface area contributed by atoms with Crippen LogP contribution in [0.3, 0.4) is 0 Å². The lowest BCUT2D eigenvalue weighted by molar-refractivity contribution is -0.143. The number of ether oxygens (including phenoxy) is 2. The fraction of sp³-hybridized carbons (Fsp3) is 0.250. The van der Waals surface area contributed by atoms with E-state index in [0.717, 1.165) is 12.0 Å². The first-order chi connectivity index (χ1) is 20.2. The zero-order chi connectivity index (χ0) is 30.0. The molecule has 0 radical (unpaired) electrons. The van der Waals surface area contributed by atoms with Crippen LogP contribution in [-0.4, -0.2) is 29.2 Å². The van der Waals surface area contributed by atoms with E-state index in [2.05, 4.69) is 4.99 Å². The molecule has 0 saturated carbocycles. The van der Waals surface area contributed by atoms with Gasteiger partial charge < -0.3 is 13.9 Å². The number of rotatable bonds is 8. The maximum atomic E-state index is 13.8. The topological polar surface area (TPSA) is 100 Å². The Labute approximate surface area is 251 Å². The molecule has 10 heteroatoms. The second kappa shape index (κ2) is 12.3. The largest absolute Gasteiger partial charge is 0.462 e. The van der Waals surface area contributed by atoms with Crippen LogP contribution in [0.2, 0.25) is 5.02 Å². The monoisotopic (exact) mass is 604 g/mol. The summed E-state index contributed by atoms with van der Waals surface area (Å²) in [4.78, 5) is 44.2. The Morgan fingerprint density at radius 3 is 2.52 bits per heavy atom. The van der Waals surface area contributed by atoms with Gasteiger partial charge in [0.05, 0.1) is 34.1 Å². The second-order valence-electron chi connectivity index (χ2n) is 9.97. The molecule has 0 spiro atoms. The minimum atomic E-state index is -0.807. The molecule has 0 amide bonds. The first kappa shape index (κ1) is 29.3. The Kier molecular flexibility index (Phi) is 8.61. The van der Waals surface area contributed by atoms with Gasteiger partial charge in [0.15, 0.2) is 4.80 Å². The Balaban J connectivity index is 1.53. The summed E-state index contributed by atoms with van der Waals surface area (Å²) >= 11 is 7.78. The van der Waals surface area contributed by atoms with E-state index in [0.29, 0.717) is 49.3 Å². The van der Waals surface area contributed by atoms with Gasteiger partial charge >= 0.3 is 11.9 Å². The molecule has 1 unspecified atom stereocenters. The van der Waals surface area contributed by atoms with Crippen LogP contribution >= 0.6 is 22.9 Å². The number of aromatic nitrogens is 1. The summed E-state index contributed by atoms with van der Waals surface area (Å²) in [5.74, 6) is 0.118. The van der Waals surface area contributed by atoms with Crippen molar-refractivity contribution in [2.75, 3.05) is 6.61 Å². The molecule has 0 saturated heterocycles. The average molecular weight is 605 g/mol. The first-order valence-electron chi connectivity index (χ1n) is 13.5. The number of nitrogens with zero attached hydrogens (tertiary/aromatic N) is 2. The lowest BCUT2D eigenvalue weighted by Crippen LogP contribution is -2.40. The summed E-state index contributed by atoms with van der Waals surface area (Å²) in [6, 6.07) is 16.8. The number of halogens is 1. The third-order valence-corrected chi connectivity index (χ3v) is 7.85. The fourth-order valence-corrected chi connectivity index (χ4v) is 5.88. The number of esters is 2. The van der Waals surface area contributed by atoms with Crippen molar-refractivity contribution in [2.45, 2.75) is 46.3 Å². The van der Waals surface area contributed by atoms with E-state index in [4.69, 9.17) is 25.5 Å². The van der Waals surface area contributed by atoms with Crippen molar-refractivity contribution in [1.29, 1.82) is 0 Å². The van der Waals surface area contributed by atoms with Crippen molar-refractivity contribution < 1.29 is 23.5 Å². The molecule has 0 N–H and O–H groups in total.